The molecular formula is C18H31N3O. The number of aliphatic hydroxyl groups is 1. The molecule has 0 aliphatic heterocycles. The highest BCUT2D eigenvalue weighted by Crippen LogP contribution is 2.14. The highest BCUT2D eigenvalue weighted by molar-refractivity contribution is 5.78. The molecule has 2 unspecified atom stereocenters. The quantitative estimate of drug-likeness (QED) is 0.510. The number of guanidine groups is 1. The van der Waals surface area contributed by atoms with Gasteiger partial charge in [-0.1, -0.05) is 56.5 Å². The number of benzene rings is 1. The molecule has 4 N–H and O–H groups in total. The van der Waals surface area contributed by atoms with E-state index in [1.807, 2.05) is 31.2 Å². The minimum absolute atomic E-state index is 0.279. The van der Waals surface area contributed by atoms with Gasteiger partial charge in [-0.05, 0) is 31.7 Å². The van der Waals surface area contributed by atoms with Gasteiger partial charge in [0.25, 0.3) is 0 Å². The van der Waals surface area contributed by atoms with Crippen LogP contribution in [0.15, 0.2) is 29.3 Å². The largest absolute Gasteiger partial charge is 0.386 e. The van der Waals surface area contributed by atoms with Gasteiger partial charge in [0.2, 0.25) is 0 Å². The molecule has 0 saturated heterocycles. The minimum atomic E-state index is -0.614. The second kappa shape index (κ2) is 9.46. The number of nitrogens with two attached hydrogens (primary N) is 1. The lowest BCUT2D eigenvalue weighted by Crippen LogP contribution is -2.38. The Labute approximate surface area is 134 Å². The molecule has 0 aliphatic carbocycles. The van der Waals surface area contributed by atoms with Crippen molar-refractivity contribution >= 4 is 5.96 Å². The Morgan fingerprint density at radius 2 is 2.00 bits per heavy atom. The average Bonchev–Trinajstić information content (AvgIpc) is 2.44. The summed E-state index contributed by atoms with van der Waals surface area (Å²) in [4.78, 5) is 4.25. The van der Waals surface area contributed by atoms with Crippen LogP contribution in [0.25, 0.3) is 0 Å². The third-order valence-electron chi connectivity index (χ3n) is 3.67. The summed E-state index contributed by atoms with van der Waals surface area (Å²) in [6.45, 7) is 8.87. The SMILES string of the molecule is Cc1cccc(C(O)CN=C(N)NC(C)CCCC(C)C)c1. The van der Waals surface area contributed by atoms with E-state index < -0.39 is 6.10 Å². The number of nitrogens with one attached hydrogen (secondary N) is 1. The fourth-order valence-electron chi connectivity index (χ4n) is 2.37. The van der Waals surface area contributed by atoms with Gasteiger partial charge < -0.3 is 16.2 Å². The third kappa shape index (κ3) is 7.46. The van der Waals surface area contributed by atoms with E-state index >= 15 is 0 Å². The summed E-state index contributed by atoms with van der Waals surface area (Å²) < 4.78 is 0. The van der Waals surface area contributed by atoms with Gasteiger partial charge in [-0.2, -0.15) is 0 Å². The van der Waals surface area contributed by atoms with Crippen molar-refractivity contribution in [2.45, 2.75) is 59.1 Å². The van der Waals surface area contributed by atoms with E-state index in [4.69, 9.17) is 5.73 Å². The van der Waals surface area contributed by atoms with Crippen LogP contribution < -0.4 is 11.1 Å². The molecule has 1 aromatic rings. The van der Waals surface area contributed by atoms with Crippen LogP contribution in [0.1, 0.15) is 57.3 Å². The molecule has 1 rings (SSSR count). The van der Waals surface area contributed by atoms with Gasteiger partial charge >= 0.3 is 0 Å². The first-order valence-electron chi connectivity index (χ1n) is 8.19. The van der Waals surface area contributed by atoms with E-state index in [0.29, 0.717) is 12.0 Å². The Morgan fingerprint density at radius 3 is 2.64 bits per heavy atom. The normalized spacial score (nSPS) is 14.9. The van der Waals surface area contributed by atoms with E-state index in [2.05, 4.69) is 31.1 Å². The molecule has 0 fully saturated rings. The molecule has 0 spiro atoms. The van der Waals surface area contributed by atoms with Gasteiger partial charge in [0.15, 0.2) is 5.96 Å². The molecule has 0 aliphatic rings. The van der Waals surface area contributed by atoms with Crippen molar-refractivity contribution < 1.29 is 5.11 Å². The summed E-state index contributed by atoms with van der Waals surface area (Å²) in [7, 11) is 0. The number of aryl methyl sites for hydroxylation is 1. The Balaban J connectivity index is 2.38. The molecule has 4 nitrogen and oxygen atoms in total. The van der Waals surface area contributed by atoms with Crippen molar-refractivity contribution in [2.24, 2.45) is 16.6 Å². The van der Waals surface area contributed by atoms with Crippen molar-refractivity contribution in [1.82, 2.24) is 5.32 Å². The maximum Gasteiger partial charge on any atom is 0.188 e. The van der Waals surface area contributed by atoms with Crippen LogP contribution in [0, 0.1) is 12.8 Å². The first-order valence-corrected chi connectivity index (χ1v) is 8.19. The van der Waals surface area contributed by atoms with Crippen LogP contribution in [0.2, 0.25) is 0 Å². The van der Waals surface area contributed by atoms with Crippen LogP contribution in [-0.4, -0.2) is 23.7 Å². The van der Waals surface area contributed by atoms with E-state index in [0.717, 1.165) is 23.5 Å². The molecule has 0 heterocycles. The maximum absolute atomic E-state index is 10.1. The van der Waals surface area contributed by atoms with Crippen molar-refractivity contribution in [3.05, 3.63) is 35.4 Å². The molecular weight excluding hydrogens is 274 g/mol. The van der Waals surface area contributed by atoms with Gasteiger partial charge in [-0.25, -0.2) is 0 Å². The van der Waals surface area contributed by atoms with E-state index in [-0.39, 0.29) is 6.54 Å². The van der Waals surface area contributed by atoms with Crippen molar-refractivity contribution in [1.29, 1.82) is 0 Å². The lowest BCUT2D eigenvalue weighted by molar-refractivity contribution is 0.187. The summed E-state index contributed by atoms with van der Waals surface area (Å²) in [6.07, 6.45) is 2.88. The molecule has 4 heteroatoms. The fourth-order valence-corrected chi connectivity index (χ4v) is 2.37. The third-order valence-corrected chi connectivity index (χ3v) is 3.67. The number of hydrogen-bond donors (Lipinski definition) is 3. The predicted molar refractivity (Wildman–Crippen MR) is 93.9 cm³/mol. The lowest BCUT2D eigenvalue weighted by atomic mass is 10.0. The molecule has 1 aromatic carbocycles. The van der Waals surface area contributed by atoms with Crippen LogP contribution in [-0.2, 0) is 0 Å². The molecule has 0 radical (unpaired) electrons. The zero-order valence-electron chi connectivity index (χ0n) is 14.3. The Bertz CT molecular complexity index is 471. The fraction of sp³-hybridized carbons (Fsp3) is 0.611. The molecule has 0 aromatic heterocycles. The molecule has 0 saturated carbocycles. The van der Waals surface area contributed by atoms with Crippen molar-refractivity contribution in [2.75, 3.05) is 6.54 Å². The second-order valence-corrected chi connectivity index (χ2v) is 6.53. The molecule has 0 amide bonds. The van der Waals surface area contributed by atoms with E-state index in [1.165, 1.54) is 12.8 Å². The number of rotatable bonds is 8. The van der Waals surface area contributed by atoms with Gasteiger partial charge in [0, 0.05) is 6.04 Å². The smallest absolute Gasteiger partial charge is 0.188 e. The van der Waals surface area contributed by atoms with Crippen molar-refractivity contribution in [3.8, 4) is 0 Å². The first kappa shape index (κ1) is 18.5. The number of aliphatic imine (C=N–C) groups is 1. The topological polar surface area (TPSA) is 70.6 Å². The predicted octanol–water partition coefficient (Wildman–Crippen LogP) is 3.15. The van der Waals surface area contributed by atoms with Crippen LogP contribution in [0.4, 0.5) is 0 Å². The maximum atomic E-state index is 10.1. The van der Waals surface area contributed by atoms with Crippen LogP contribution in [0.5, 0.6) is 0 Å². The van der Waals surface area contributed by atoms with E-state index in [1.54, 1.807) is 0 Å². The minimum Gasteiger partial charge on any atom is -0.386 e. The zero-order valence-corrected chi connectivity index (χ0v) is 14.3. The van der Waals surface area contributed by atoms with Crippen LogP contribution in [0.3, 0.4) is 0 Å². The number of aliphatic hydroxyl groups excluding tert-OH is 1. The zero-order chi connectivity index (χ0) is 16.5. The number of hydrogen-bond acceptors (Lipinski definition) is 2. The molecule has 124 valence electrons. The Morgan fingerprint density at radius 1 is 1.27 bits per heavy atom. The summed E-state index contributed by atoms with van der Waals surface area (Å²) in [5.74, 6) is 1.14. The summed E-state index contributed by atoms with van der Waals surface area (Å²) >= 11 is 0. The standard InChI is InChI=1S/C18H31N3O/c1-13(2)7-5-9-15(4)21-18(19)20-12-17(22)16-10-6-8-14(3)11-16/h6,8,10-11,13,15,17,22H,5,7,9,12H2,1-4H3,(H3,19,20,21). The van der Waals surface area contributed by atoms with Gasteiger partial charge in [0.1, 0.15) is 0 Å². The number of nitrogens with zero attached hydrogens (tertiary/aromatic N) is 1. The summed E-state index contributed by atoms with van der Waals surface area (Å²) in [5.41, 5.74) is 7.90. The van der Waals surface area contributed by atoms with E-state index in [9.17, 15) is 5.11 Å². The summed E-state index contributed by atoms with van der Waals surface area (Å²) in [5, 5.41) is 13.3. The molecule has 2 atom stereocenters. The van der Waals surface area contributed by atoms with Crippen molar-refractivity contribution in [3.63, 3.8) is 0 Å². The monoisotopic (exact) mass is 305 g/mol. The average molecular weight is 305 g/mol. The summed E-state index contributed by atoms with van der Waals surface area (Å²) in [6, 6.07) is 8.13. The van der Waals surface area contributed by atoms with Crippen LogP contribution >= 0.6 is 0 Å². The Hall–Kier alpha value is -1.55. The van der Waals surface area contributed by atoms with Gasteiger partial charge in [-0.15, -0.1) is 0 Å². The van der Waals surface area contributed by atoms with Gasteiger partial charge in [-0.3, -0.25) is 4.99 Å². The molecule has 22 heavy (non-hydrogen) atoms. The Kier molecular flexibility index (Phi) is 7.96. The van der Waals surface area contributed by atoms with Gasteiger partial charge in [0.05, 0.1) is 12.6 Å². The first-order chi connectivity index (χ1) is 10.4. The molecule has 0 bridgehead atoms. The highest BCUT2D eigenvalue weighted by atomic mass is 16.3. The lowest BCUT2D eigenvalue weighted by Gasteiger charge is -2.16. The highest BCUT2D eigenvalue weighted by Gasteiger charge is 2.08. The second-order valence-electron chi connectivity index (χ2n) is 6.53.